The van der Waals surface area contributed by atoms with Gasteiger partial charge in [0.2, 0.25) is 0 Å². The van der Waals surface area contributed by atoms with Crippen molar-refractivity contribution in [1.29, 1.82) is 0 Å². The molecule has 5 heteroatoms. The zero-order chi connectivity index (χ0) is 15.5. The van der Waals surface area contributed by atoms with Crippen molar-refractivity contribution in [2.45, 2.75) is 32.4 Å². The Balaban J connectivity index is 1.56. The molecule has 1 aromatic heterocycles. The van der Waals surface area contributed by atoms with Gasteiger partial charge in [0.1, 0.15) is 0 Å². The molecular formula is C17H22ClN3S. The van der Waals surface area contributed by atoms with E-state index in [1.54, 1.807) is 11.3 Å². The van der Waals surface area contributed by atoms with E-state index in [-0.39, 0.29) is 0 Å². The van der Waals surface area contributed by atoms with E-state index >= 15 is 0 Å². The van der Waals surface area contributed by atoms with Gasteiger partial charge in [-0.3, -0.25) is 4.90 Å². The van der Waals surface area contributed by atoms with Crippen LogP contribution in [0, 0.1) is 6.92 Å². The van der Waals surface area contributed by atoms with E-state index in [4.69, 9.17) is 11.6 Å². The molecule has 0 radical (unpaired) electrons. The third-order valence-corrected chi connectivity index (χ3v) is 5.55. The van der Waals surface area contributed by atoms with Gasteiger partial charge in [-0.15, -0.1) is 11.3 Å². The molecule has 0 unspecified atom stereocenters. The first-order chi connectivity index (χ1) is 10.6. The molecule has 0 spiro atoms. The zero-order valence-electron chi connectivity index (χ0n) is 13.1. The van der Waals surface area contributed by atoms with E-state index in [2.05, 4.69) is 45.4 Å². The van der Waals surface area contributed by atoms with Gasteiger partial charge >= 0.3 is 0 Å². The van der Waals surface area contributed by atoms with Gasteiger partial charge in [0.25, 0.3) is 0 Å². The van der Waals surface area contributed by atoms with E-state index in [1.807, 2.05) is 12.4 Å². The number of thiazole rings is 1. The summed E-state index contributed by atoms with van der Waals surface area (Å²) in [5.41, 5.74) is 5.48. The number of rotatable bonds is 4. The molecule has 0 amide bonds. The van der Waals surface area contributed by atoms with Crippen molar-refractivity contribution >= 4 is 28.6 Å². The van der Waals surface area contributed by atoms with E-state index in [0.29, 0.717) is 6.04 Å². The lowest BCUT2D eigenvalue weighted by atomic mass is 10.0. The summed E-state index contributed by atoms with van der Waals surface area (Å²) in [5, 5.41) is 3.00. The lowest BCUT2D eigenvalue weighted by molar-refractivity contribution is 0.198. The summed E-state index contributed by atoms with van der Waals surface area (Å²) in [6.45, 7) is 5.17. The molecule has 1 aliphatic rings. The van der Waals surface area contributed by atoms with Crippen molar-refractivity contribution in [2.75, 3.05) is 25.0 Å². The fourth-order valence-corrected chi connectivity index (χ4v) is 3.77. The molecule has 1 saturated heterocycles. The summed E-state index contributed by atoms with van der Waals surface area (Å²) in [5.74, 6) is 0. The molecule has 0 aliphatic carbocycles. The Morgan fingerprint density at radius 1 is 1.36 bits per heavy atom. The molecule has 2 heterocycles. The Morgan fingerprint density at radius 2 is 2.14 bits per heavy atom. The van der Waals surface area contributed by atoms with Crippen LogP contribution in [0.1, 0.15) is 24.1 Å². The minimum Gasteiger partial charge on any atom is -0.371 e. The normalized spacial score (nSPS) is 16.5. The molecule has 1 fully saturated rings. The topological polar surface area (TPSA) is 19.4 Å². The highest BCUT2D eigenvalue weighted by Gasteiger charge is 2.23. The highest BCUT2D eigenvalue weighted by atomic mass is 35.5. The quantitative estimate of drug-likeness (QED) is 0.834. The summed E-state index contributed by atoms with van der Waals surface area (Å²) < 4.78 is 0. The van der Waals surface area contributed by atoms with Crippen molar-refractivity contribution in [2.24, 2.45) is 0 Å². The fraction of sp³-hybridized carbons (Fsp3) is 0.471. The summed E-state index contributed by atoms with van der Waals surface area (Å²) in [6, 6.07) is 7.02. The van der Waals surface area contributed by atoms with Crippen LogP contribution in [0.2, 0.25) is 5.02 Å². The number of aromatic nitrogens is 1. The molecular weight excluding hydrogens is 314 g/mol. The van der Waals surface area contributed by atoms with Gasteiger partial charge in [-0.1, -0.05) is 17.7 Å². The molecule has 0 saturated carbocycles. The van der Waals surface area contributed by atoms with Crippen LogP contribution in [0.15, 0.2) is 29.1 Å². The van der Waals surface area contributed by atoms with Crippen LogP contribution in [0.4, 0.5) is 5.69 Å². The maximum absolute atomic E-state index is 6.25. The minimum atomic E-state index is 0.638. The van der Waals surface area contributed by atoms with Crippen LogP contribution in [-0.2, 0) is 6.54 Å². The van der Waals surface area contributed by atoms with Gasteiger partial charge in [-0.2, -0.15) is 0 Å². The highest BCUT2D eigenvalue weighted by molar-refractivity contribution is 7.07. The van der Waals surface area contributed by atoms with Gasteiger partial charge in [-0.25, -0.2) is 4.98 Å². The second-order valence-corrected chi connectivity index (χ2v) is 7.17. The first-order valence-corrected chi connectivity index (χ1v) is 9.04. The van der Waals surface area contributed by atoms with Gasteiger partial charge in [0, 0.05) is 41.8 Å². The summed E-state index contributed by atoms with van der Waals surface area (Å²) >= 11 is 7.92. The number of piperidine rings is 1. The van der Waals surface area contributed by atoms with Gasteiger partial charge in [0.15, 0.2) is 0 Å². The summed E-state index contributed by atoms with van der Waals surface area (Å²) in [6.07, 6.45) is 2.37. The Morgan fingerprint density at radius 3 is 2.77 bits per heavy atom. The summed E-state index contributed by atoms with van der Waals surface area (Å²) in [7, 11) is 2.21. The molecule has 3 nitrogen and oxygen atoms in total. The van der Waals surface area contributed by atoms with Gasteiger partial charge < -0.3 is 4.90 Å². The lowest BCUT2D eigenvalue weighted by Gasteiger charge is -2.37. The molecule has 0 bridgehead atoms. The average Bonchev–Trinajstić information content (AvgIpc) is 3.03. The van der Waals surface area contributed by atoms with Crippen molar-refractivity contribution < 1.29 is 0 Å². The monoisotopic (exact) mass is 335 g/mol. The van der Waals surface area contributed by atoms with E-state index in [0.717, 1.165) is 30.2 Å². The molecule has 3 rings (SSSR count). The van der Waals surface area contributed by atoms with E-state index in [9.17, 15) is 0 Å². The third-order valence-electron chi connectivity index (χ3n) is 4.50. The minimum absolute atomic E-state index is 0.638. The number of anilines is 1. The van der Waals surface area contributed by atoms with Crippen LogP contribution in [0.25, 0.3) is 0 Å². The molecule has 22 heavy (non-hydrogen) atoms. The van der Waals surface area contributed by atoms with Crippen molar-refractivity contribution in [1.82, 2.24) is 9.88 Å². The average molecular weight is 336 g/mol. The third kappa shape index (κ3) is 3.62. The van der Waals surface area contributed by atoms with Gasteiger partial charge in [-0.05, 0) is 44.5 Å². The second kappa shape index (κ2) is 6.99. The molecule has 1 aliphatic heterocycles. The van der Waals surface area contributed by atoms with Crippen molar-refractivity contribution in [3.63, 3.8) is 0 Å². The Hall–Kier alpha value is -1.10. The second-order valence-electron chi connectivity index (χ2n) is 6.05. The van der Waals surface area contributed by atoms with Crippen LogP contribution in [-0.4, -0.2) is 36.1 Å². The van der Waals surface area contributed by atoms with Crippen molar-refractivity contribution in [3.8, 4) is 0 Å². The Kier molecular flexibility index (Phi) is 5.01. The van der Waals surface area contributed by atoms with Crippen LogP contribution >= 0.6 is 22.9 Å². The Bertz CT molecular complexity index is 606. The van der Waals surface area contributed by atoms with E-state index in [1.165, 1.54) is 24.2 Å². The number of hydrogen-bond acceptors (Lipinski definition) is 4. The SMILES string of the molecule is Cc1ccc(N2CCC(N(C)Cc3cscn3)CC2)cc1Cl. The van der Waals surface area contributed by atoms with Crippen LogP contribution in [0.5, 0.6) is 0 Å². The number of aryl methyl sites for hydroxylation is 1. The number of halogens is 1. The molecule has 1 aromatic carbocycles. The smallest absolute Gasteiger partial charge is 0.0795 e. The molecule has 0 N–H and O–H groups in total. The fourth-order valence-electron chi connectivity index (χ4n) is 3.04. The standard InChI is InChI=1S/C17H22ClN3S/c1-13-3-4-16(9-17(13)18)21-7-5-15(6-8-21)20(2)10-14-11-22-12-19-14/h3-4,9,11-12,15H,5-8,10H2,1-2H3. The molecule has 2 aromatic rings. The highest BCUT2D eigenvalue weighted by Crippen LogP contribution is 2.27. The van der Waals surface area contributed by atoms with Gasteiger partial charge in [0.05, 0.1) is 11.2 Å². The Labute approximate surface area is 141 Å². The first-order valence-electron chi connectivity index (χ1n) is 7.72. The first kappa shape index (κ1) is 15.8. The number of benzene rings is 1. The maximum atomic E-state index is 6.25. The largest absolute Gasteiger partial charge is 0.371 e. The zero-order valence-corrected chi connectivity index (χ0v) is 14.7. The number of hydrogen-bond donors (Lipinski definition) is 0. The van der Waals surface area contributed by atoms with E-state index < -0.39 is 0 Å². The number of nitrogens with zero attached hydrogens (tertiary/aromatic N) is 3. The van der Waals surface area contributed by atoms with Crippen LogP contribution < -0.4 is 4.90 Å². The predicted octanol–water partition coefficient (Wildman–Crippen LogP) is 4.21. The van der Waals surface area contributed by atoms with Crippen molar-refractivity contribution in [3.05, 3.63) is 45.4 Å². The molecule has 118 valence electrons. The predicted molar refractivity (Wildman–Crippen MR) is 95.0 cm³/mol. The van der Waals surface area contributed by atoms with Crippen LogP contribution in [0.3, 0.4) is 0 Å². The summed E-state index contributed by atoms with van der Waals surface area (Å²) in [4.78, 5) is 9.27. The molecule has 0 atom stereocenters. The maximum Gasteiger partial charge on any atom is 0.0795 e. The lowest BCUT2D eigenvalue weighted by Crippen LogP contribution is -2.43.